The smallest absolute Gasteiger partial charge is 0.223 e. The third-order valence-electron chi connectivity index (χ3n) is 1.72. The van der Waals surface area contributed by atoms with Gasteiger partial charge in [0.1, 0.15) is 0 Å². The van der Waals surface area contributed by atoms with Crippen molar-refractivity contribution < 1.29 is 4.52 Å². The Morgan fingerprint density at radius 2 is 2.31 bits per heavy atom. The zero-order chi connectivity index (χ0) is 9.68. The molecule has 0 fully saturated rings. The Morgan fingerprint density at radius 1 is 1.54 bits per heavy atom. The Hall–Kier alpha value is -0.940. The molecule has 0 unspecified atom stereocenters. The molecule has 1 aromatic rings. The predicted octanol–water partition coefficient (Wildman–Crippen LogP) is 0.159. The van der Waals surface area contributed by atoms with Gasteiger partial charge >= 0.3 is 0 Å². The van der Waals surface area contributed by atoms with Gasteiger partial charge in [0.15, 0.2) is 5.82 Å². The minimum atomic E-state index is 0.613. The van der Waals surface area contributed by atoms with E-state index in [9.17, 15) is 0 Å². The van der Waals surface area contributed by atoms with Crippen molar-refractivity contribution in [3.8, 4) is 0 Å². The first kappa shape index (κ1) is 10.1. The van der Waals surface area contributed by atoms with Gasteiger partial charge in [0, 0.05) is 6.92 Å². The van der Waals surface area contributed by atoms with Crippen molar-refractivity contribution in [3.63, 3.8) is 0 Å². The molecule has 0 aliphatic carbocycles. The predicted molar refractivity (Wildman–Crippen MR) is 49.0 cm³/mol. The summed E-state index contributed by atoms with van der Waals surface area (Å²) in [5, 5.41) is 3.80. The van der Waals surface area contributed by atoms with Crippen molar-refractivity contribution >= 4 is 0 Å². The van der Waals surface area contributed by atoms with Crippen LogP contribution in [0.5, 0.6) is 0 Å². The summed E-state index contributed by atoms with van der Waals surface area (Å²) in [6.07, 6.45) is 0.993. The van der Waals surface area contributed by atoms with Gasteiger partial charge in [0.2, 0.25) is 5.89 Å². The van der Waals surface area contributed by atoms with Crippen molar-refractivity contribution in [1.82, 2.24) is 15.0 Å². The minimum Gasteiger partial charge on any atom is -0.340 e. The fourth-order valence-electron chi connectivity index (χ4n) is 1.09. The Bertz CT molecular complexity index is 248. The minimum absolute atomic E-state index is 0.613. The van der Waals surface area contributed by atoms with Gasteiger partial charge in [-0.25, -0.2) is 0 Å². The SMILES string of the molecule is Cc1nc(CN(C)CCCN)no1. The van der Waals surface area contributed by atoms with Crippen LogP contribution < -0.4 is 5.73 Å². The highest BCUT2D eigenvalue weighted by Gasteiger charge is 2.05. The molecule has 0 saturated heterocycles. The monoisotopic (exact) mass is 184 g/mol. The zero-order valence-electron chi connectivity index (χ0n) is 8.16. The summed E-state index contributed by atoms with van der Waals surface area (Å²) in [4.78, 5) is 6.23. The fraction of sp³-hybridized carbons (Fsp3) is 0.750. The fourth-order valence-corrected chi connectivity index (χ4v) is 1.09. The molecule has 5 nitrogen and oxygen atoms in total. The topological polar surface area (TPSA) is 68.2 Å². The van der Waals surface area contributed by atoms with E-state index in [4.69, 9.17) is 10.3 Å². The van der Waals surface area contributed by atoms with Gasteiger partial charge in [-0.05, 0) is 26.6 Å². The van der Waals surface area contributed by atoms with Gasteiger partial charge < -0.3 is 10.3 Å². The molecular weight excluding hydrogens is 168 g/mol. The molecule has 0 bridgehead atoms. The van der Waals surface area contributed by atoms with Crippen molar-refractivity contribution in [2.45, 2.75) is 19.9 Å². The van der Waals surface area contributed by atoms with Gasteiger partial charge in [-0.3, -0.25) is 4.90 Å². The standard InChI is InChI=1S/C8H16N4O/c1-7-10-8(11-13-7)6-12(2)5-3-4-9/h3-6,9H2,1-2H3. The average molecular weight is 184 g/mol. The van der Waals surface area contributed by atoms with Crippen LogP contribution in [0.25, 0.3) is 0 Å². The summed E-state index contributed by atoms with van der Waals surface area (Å²) in [6, 6.07) is 0. The molecule has 0 radical (unpaired) electrons. The Kier molecular flexibility index (Phi) is 3.85. The highest BCUT2D eigenvalue weighted by atomic mass is 16.5. The molecular formula is C8H16N4O. The molecule has 1 rings (SSSR count). The molecule has 0 aliphatic rings. The van der Waals surface area contributed by atoms with Gasteiger partial charge in [-0.1, -0.05) is 5.16 Å². The van der Waals surface area contributed by atoms with Crippen LogP contribution >= 0.6 is 0 Å². The van der Waals surface area contributed by atoms with Crippen LogP contribution in [0.2, 0.25) is 0 Å². The van der Waals surface area contributed by atoms with E-state index in [0.717, 1.165) is 31.9 Å². The van der Waals surface area contributed by atoms with Crippen LogP contribution in [0.15, 0.2) is 4.52 Å². The van der Waals surface area contributed by atoms with E-state index in [0.29, 0.717) is 5.89 Å². The third kappa shape index (κ3) is 3.52. The third-order valence-corrected chi connectivity index (χ3v) is 1.72. The first-order valence-electron chi connectivity index (χ1n) is 4.40. The van der Waals surface area contributed by atoms with Crippen LogP contribution in [0, 0.1) is 6.92 Å². The number of hydrogen-bond acceptors (Lipinski definition) is 5. The Balaban J connectivity index is 2.31. The Morgan fingerprint density at radius 3 is 2.85 bits per heavy atom. The van der Waals surface area contributed by atoms with Crippen molar-refractivity contribution in [2.24, 2.45) is 5.73 Å². The quantitative estimate of drug-likeness (QED) is 0.706. The van der Waals surface area contributed by atoms with Gasteiger partial charge in [-0.2, -0.15) is 4.98 Å². The lowest BCUT2D eigenvalue weighted by Gasteiger charge is -2.12. The Labute approximate surface area is 77.9 Å². The molecule has 5 heteroatoms. The van der Waals surface area contributed by atoms with E-state index >= 15 is 0 Å². The van der Waals surface area contributed by atoms with Crippen LogP contribution in [0.4, 0.5) is 0 Å². The summed E-state index contributed by atoms with van der Waals surface area (Å²) in [5.74, 6) is 1.35. The highest BCUT2D eigenvalue weighted by molar-refractivity contribution is 4.83. The maximum atomic E-state index is 5.40. The van der Waals surface area contributed by atoms with Crippen LogP contribution in [0.3, 0.4) is 0 Å². The number of hydrogen-bond donors (Lipinski definition) is 1. The summed E-state index contributed by atoms with van der Waals surface area (Å²) < 4.78 is 4.86. The molecule has 13 heavy (non-hydrogen) atoms. The zero-order valence-corrected chi connectivity index (χ0v) is 8.16. The molecule has 0 amide bonds. The van der Waals surface area contributed by atoms with E-state index in [-0.39, 0.29) is 0 Å². The summed E-state index contributed by atoms with van der Waals surface area (Å²) in [5.41, 5.74) is 5.40. The molecule has 0 saturated carbocycles. The molecule has 0 spiro atoms. The largest absolute Gasteiger partial charge is 0.340 e. The second-order valence-electron chi connectivity index (χ2n) is 3.11. The second-order valence-corrected chi connectivity index (χ2v) is 3.11. The summed E-state index contributed by atoms with van der Waals surface area (Å²) in [6.45, 7) is 4.19. The van der Waals surface area contributed by atoms with Crippen LogP contribution in [-0.2, 0) is 6.54 Å². The van der Waals surface area contributed by atoms with Crippen molar-refractivity contribution in [1.29, 1.82) is 0 Å². The maximum absolute atomic E-state index is 5.40. The summed E-state index contributed by atoms with van der Waals surface area (Å²) in [7, 11) is 2.02. The van der Waals surface area contributed by atoms with E-state index < -0.39 is 0 Å². The lowest BCUT2D eigenvalue weighted by Crippen LogP contribution is -2.21. The van der Waals surface area contributed by atoms with Crippen molar-refractivity contribution in [2.75, 3.05) is 20.1 Å². The first-order valence-corrected chi connectivity index (χ1v) is 4.40. The molecule has 0 aromatic carbocycles. The molecule has 0 atom stereocenters. The van der Waals surface area contributed by atoms with E-state index in [2.05, 4.69) is 15.0 Å². The lowest BCUT2D eigenvalue weighted by atomic mass is 10.4. The highest BCUT2D eigenvalue weighted by Crippen LogP contribution is 1.99. The molecule has 2 N–H and O–H groups in total. The lowest BCUT2D eigenvalue weighted by molar-refractivity contribution is 0.305. The van der Waals surface area contributed by atoms with Crippen molar-refractivity contribution in [3.05, 3.63) is 11.7 Å². The van der Waals surface area contributed by atoms with Gasteiger partial charge in [-0.15, -0.1) is 0 Å². The molecule has 1 heterocycles. The van der Waals surface area contributed by atoms with Gasteiger partial charge in [0.25, 0.3) is 0 Å². The molecule has 0 aliphatic heterocycles. The second kappa shape index (κ2) is 4.94. The summed E-state index contributed by atoms with van der Waals surface area (Å²) >= 11 is 0. The number of aryl methyl sites for hydroxylation is 1. The van der Waals surface area contributed by atoms with E-state index in [1.807, 2.05) is 7.05 Å². The van der Waals surface area contributed by atoms with Crippen LogP contribution in [0.1, 0.15) is 18.1 Å². The maximum Gasteiger partial charge on any atom is 0.223 e. The molecule has 1 aromatic heterocycles. The van der Waals surface area contributed by atoms with E-state index in [1.165, 1.54) is 0 Å². The number of nitrogens with zero attached hydrogens (tertiary/aromatic N) is 3. The number of rotatable bonds is 5. The van der Waals surface area contributed by atoms with Gasteiger partial charge in [0.05, 0.1) is 6.54 Å². The number of nitrogens with two attached hydrogens (primary N) is 1. The first-order chi connectivity index (χ1) is 6.22. The average Bonchev–Trinajstić information content (AvgIpc) is 2.48. The normalized spacial score (nSPS) is 11.1. The van der Waals surface area contributed by atoms with Crippen LogP contribution in [-0.4, -0.2) is 35.2 Å². The molecule has 74 valence electrons. The number of aromatic nitrogens is 2. The van der Waals surface area contributed by atoms with E-state index in [1.54, 1.807) is 6.92 Å².